The highest BCUT2D eigenvalue weighted by Crippen LogP contribution is 2.16. The van der Waals surface area contributed by atoms with Crippen molar-refractivity contribution < 1.29 is 8.81 Å². The fourth-order valence-electron chi connectivity index (χ4n) is 1.38. The summed E-state index contributed by atoms with van der Waals surface area (Å²) in [7, 11) is 0. The van der Waals surface area contributed by atoms with Crippen molar-refractivity contribution in [2.75, 3.05) is 5.32 Å². The number of anilines is 1. The Kier molecular flexibility index (Phi) is 2.72. The predicted octanol–water partition coefficient (Wildman–Crippen LogP) is 3.34. The highest BCUT2D eigenvalue weighted by molar-refractivity contribution is 5.50. The van der Waals surface area contributed by atoms with Crippen molar-refractivity contribution in [3.63, 3.8) is 0 Å². The van der Waals surface area contributed by atoms with E-state index in [1.807, 2.05) is 13.0 Å². The van der Waals surface area contributed by atoms with Crippen LogP contribution >= 0.6 is 0 Å². The zero-order valence-electron chi connectivity index (χ0n) is 8.46. The molecule has 1 aromatic heterocycles. The van der Waals surface area contributed by atoms with E-state index in [0.717, 1.165) is 16.8 Å². The van der Waals surface area contributed by atoms with E-state index >= 15 is 0 Å². The molecule has 0 aliphatic heterocycles. The topological polar surface area (TPSA) is 25.2 Å². The first-order valence-corrected chi connectivity index (χ1v) is 4.77. The van der Waals surface area contributed by atoms with Crippen LogP contribution in [0, 0.1) is 12.7 Å². The zero-order valence-corrected chi connectivity index (χ0v) is 8.46. The van der Waals surface area contributed by atoms with Crippen molar-refractivity contribution in [3.8, 4) is 0 Å². The van der Waals surface area contributed by atoms with Crippen LogP contribution in [-0.4, -0.2) is 0 Å². The van der Waals surface area contributed by atoms with E-state index < -0.39 is 0 Å². The molecular formula is C12H12FNO. The molecule has 0 spiro atoms. The van der Waals surface area contributed by atoms with Crippen molar-refractivity contribution in [3.05, 3.63) is 53.7 Å². The molecule has 0 aliphatic rings. The maximum absolute atomic E-state index is 13.0. The van der Waals surface area contributed by atoms with Gasteiger partial charge in [0.1, 0.15) is 5.82 Å². The number of rotatable bonds is 3. The van der Waals surface area contributed by atoms with Gasteiger partial charge < -0.3 is 9.73 Å². The normalized spacial score (nSPS) is 10.3. The number of halogens is 1. The molecule has 0 unspecified atom stereocenters. The van der Waals surface area contributed by atoms with Gasteiger partial charge in [0.05, 0.1) is 12.5 Å². The molecule has 0 saturated heterocycles. The van der Waals surface area contributed by atoms with Crippen molar-refractivity contribution in [1.82, 2.24) is 0 Å². The van der Waals surface area contributed by atoms with Gasteiger partial charge in [0.15, 0.2) is 0 Å². The van der Waals surface area contributed by atoms with E-state index in [1.165, 1.54) is 12.1 Å². The molecule has 0 fully saturated rings. The maximum atomic E-state index is 13.0. The summed E-state index contributed by atoms with van der Waals surface area (Å²) >= 11 is 0. The van der Waals surface area contributed by atoms with Crippen molar-refractivity contribution in [2.45, 2.75) is 13.5 Å². The van der Waals surface area contributed by atoms with Gasteiger partial charge in [-0.05, 0) is 30.7 Å². The van der Waals surface area contributed by atoms with Gasteiger partial charge >= 0.3 is 0 Å². The van der Waals surface area contributed by atoms with Crippen LogP contribution in [0.15, 0.2) is 41.2 Å². The number of nitrogens with one attached hydrogen (secondary N) is 1. The molecule has 2 nitrogen and oxygen atoms in total. The Bertz CT molecular complexity index is 437. The molecule has 15 heavy (non-hydrogen) atoms. The fourth-order valence-corrected chi connectivity index (χ4v) is 1.38. The molecule has 3 heteroatoms. The van der Waals surface area contributed by atoms with Crippen LogP contribution in [0.5, 0.6) is 0 Å². The average Bonchev–Trinajstić information content (AvgIpc) is 2.72. The third-order valence-corrected chi connectivity index (χ3v) is 2.26. The van der Waals surface area contributed by atoms with E-state index in [-0.39, 0.29) is 5.82 Å². The van der Waals surface area contributed by atoms with Crippen LogP contribution in [0.4, 0.5) is 10.1 Å². The first-order valence-electron chi connectivity index (χ1n) is 4.77. The van der Waals surface area contributed by atoms with Crippen molar-refractivity contribution in [2.24, 2.45) is 0 Å². The highest BCUT2D eigenvalue weighted by atomic mass is 19.1. The molecule has 1 aromatic carbocycles. The van der Waals surface area contributed by atoms with Gasteiger partial charge in [0, 0.05) is 17.8 Å². The molecule has 1 N–H and O–H groups in total. The molecule has 0 aliphatic carbocycles. The van der Waals surface area contributed by atoms with Crippen LogP contribution in [0.2, 0.25) is 0 Å². The predicted molar refractivity (Wildman–Crippen MR) is 57.2 cm³/mol. The SMILES string of the molecule is Cc1ccc(F)cc1NCc1ccoc1. The minimum absolute atomic E-state index is 0.227. The third-order valence-electron chi connectivity index (χ3n) is 2.26. The van der Waals surface area contributed by atoms with Crippen molar-refractivity contribution in [1.29, 1.82) is 0 Å². The highest BCUT2D eigenvalue weighted by Gasteiger charge is 2.00. The average molecular weight is 205 g/mol. The smallest absolute Gasteiger partial charge is 0.125 e. The van der Waals surface area contributed by atoms with Gasteiger partial charge in [-0.1, -0.05) is 6.07 Å². The second-order valence-corrected chi connectivity index (χ2v) is 3.44. The second kappa shape index (κ2) is 4.17. The Labute approximate surface area is 87.7 Å². The van der Waals surface area contributed by atoms with E-state index in [1.54, 1.807) is 18.6 Å². The standard InChI is InChI=1S/C12H12FNO/c1-9-2-3-11(13)6-12(9)14-7-10-4-5-15-8-10/h2-6,8,14H,7H2,1H3. The van der Waals surface area contributed by atoms with E-state index in [9.17, 15) is 4.39 Å². The summed E-state index contributed by atoms with van der Waals surface area (Å²) in [5.74, 6) is -0.227. The molecular weight excluding hydrogens is 193 g/mol. The van der Waals surface area contributed by atoms with Crippen molar-refractivity contribution >= 4 is 5.69 Å². The summed E-state index contributed by atoms with van der Waals surface area (Å²) < 4.78 is 17.9. The fraction of sp³-hybridized carbons (Fsp3) is 0.167. The molecule has 0 saturated carbocycles. The lowest BCUT2D eigenvalue weighted by Gasteiger charge is -2.08. The van der Waals surface area contributed by atoms with Crippen LogP contribution in [-0.2, 0) is 6.54 Å². The van der Waals surface area contributed by atoms with E-state index in [2.05, 4.69) is 5.32 Å². The molecule has 0 radical (unpaired) electrons. The van der Waals surface area contributed by atoms with Gasteiger partial charge in [0.2, 0.25) is 0 Å². The Balaban J connectivity index is 2.07. The molecule has 0 amide bonds. The summed E-state index contributed by atoms with van der Waals surface area (Å²) in [6, 6.07) is 6.59. The number of aryl methyl sites for hydroxylation is 1. The Hall–Kier alpha value is -1.77. The Morgan fingerprint density at radius 1 is 1.33 bits per heavy atom. The van der Waals surface area contributed by atoms with E-state index in [0.29, 0.717) is 6.54 Å². The van der Waals surface area contributed by atoms with Crippen LogP contribution in [0.1, 0.15) is 11.1 Å². The van der Waals surface area contributed by atoms with Crippen LogP contribution < -0.4 is 5.32 Å². The van der Waals surface area contributed by atoms with Gasteiger partial charge in [-0.2, -0.15) is 0 Å². The molecule has 0 bridgehead atoms. The second-order valence-electron chi connectivity index (χ2n) is 3.44. The lowest BCUT2D eigenvalue weighted by molar-refractivity contribution is 0.564. The largest absolute Gasteiger partial charge is 0.472 e. The monoisotopic (exact) mass is 205 g/mol. The molecule has 2 rings (SSSR count). The summed E-state index contributed by atoms with van der Waals surface area (Å²) in [5.41, 5.74) is 2.88. The van der Waals surface area contributed by atoms with Crippen LogP contribution in [0.3, 0.4) is 0 Å². The summed E-state index contributed by atoms with van der Waals surface area (Å²) in [6.45, 7) is 2.58. The van der Waals surface area contributed by atoms with Gasteiger partial charge in [0.25, 0.3) is 0 Å². The first kappa shape index (κ1) is 9.77. The number of furan rings is 1. The quantitative estimate of drug-likeness (QED) is 0.831. The minimum Gasteiger partial charge on any atom is -0.472 e. The van der Waals surface area contributed by atoms with Crippen LogP contribution in [0.25, 0.3) is 0 Å². The van der Waals surface area contributed by atoms with Gasteiger partial charge in [-0.15, -0.1) is 0 Å². The summed E-state index contributed by atoms with van der Waals surface area (Å²) in [4.78, 5) is 0. The minimum atomic E-state index is -0.227. The summed E-state index contributed by atoms with van der Waals surface area (Å²) in [5, 5.41) is 3.16. The zero-order chi connectivity index (χ0) is 10.7. The number of hydrogen-bond acceptors (Lipinski definition) is 2. The lowest BCUT2D eigenvalue weighted by atomic mass is 10.2. The maximum Gasteiger partial charge on any atom is 0.125 e. The number of benzene rings is 1. The lowest BCUT2D eigenvalue weighted by Crippen LogP contribution is -2.00. The molecule has 78 valence electrons. The molecule has 1 heterocycles. The Morgan fingerprint density at radius 2 is 2.20 bits per heavy atom. The van der Waals surface area contributed by atoms with E-state index in [4.69, 9.17) is 4.42 Å². The van der Waals surface area contributed by atoms with Gasteiger partial charge in [-0.3, -0.25) is 0 Å². The molecule has 2 aromatic rings. The first-order chi connectivity index (χ1) is 7.25. The van der Waals surface area contributed by atoms with Gasteiger partial charge in [-0.25, -0.2) is 4.39 Å². The number of hydrogen-bond donors (Lipinski definition) is 1. The molecule has 0 atom stereocenters. The summed E-state index contributed by atoms with van der Waals surface area (Å²) in [6.07, 6.45) is 3.29. The third kappa shape index (κ3) is 2.37. The Morgan fingerprint density at radius 3 is 2.93 bits per heavy atom.